The molecule has 0 atom stereocenters. The van der Waals surface area contributed by atoms with Gasteiger partial charge in [-0.15, -0.1) is 11.3 Å². The Morgan fingerprint density at radius 1 is 1.45 bits per heavy atom. The molecule has 0 aliphatic heterocycles. The molecule has 3 heteroatoms. The average Bonchev–Trinajstić information content (AvgIpc) is 2.55. The summed E-state index contributed by atoms with van der Waals surface area (Å²) in [7, 11) is 0. The molecule has 0 bridgehead atoms. The van der Waals surface area contributed by atoms with E-state index >= 15 is 0 Å². The molecule has 0 amide bonds. The summed E-state index contributed by atoms with van der Waals surface area (Å²) in [5.41, 5.74) is 1.13. The number of hydrogen-bond acceptors (Lipinski definition) is 2. The SMILES string of the molecule is Brc1cc(-c2cccs2)co1. The molecular formula is C8H5BrOS. The van der Waals surface area contributed by atoms with E-state index in [1.54, 1.807) is 17.6 Å². The van der Waals surface area contributed by atoms with Crippen LogP contribution in [0, 0.1) is 0 Å². The fourth-order valence-electron chi connectivity index (χ4n) is 0.882. The van der Waals surface area contributed by atoms with E-state index in [4.69, 9.17) is 4.42 Å². The lowest BCUT2D eigenvalue weighted by atomic mass is 10.3. The van der Waals surface area contributed by atoms with Crippen LogP contribution in [0.4, 0.5) is 0 Å². The van der Waals surface area contributed by atoms with Crippen LogP contribution in [0.5, 0.6) is 0 Å². The second kappa shape index (κ2) is 2.83. The van der Waals surface area contributed by atoms with E-state index in [9.17, 15) is 0 Å². The van der Waals surface area contributed by atoms with E-state index in [1.165, 1.54) is 4.88 Å². The van der Waals surface area contributed by atoms with E-state index < -0.39 is 0 Å². The van der Waals surface area contributed by atoms with Crippen LogP contribution in [-0.2, 0) is 0 Å². The minimum atomic E-state index is 0.779. The van der Waals surface area contributed by atoms with Gasteiger partial charge in [-0.25, -0.2) is 0 Å². The van der Waals surface area contributed by atoms with Crippen molar-refractivity contribution in [1.82, 2.24) is 0 Å². The van der Waals surface area contributed by atoms with Crippen molar-refractivity contribution in [3.63, 3.8) is 0 Å². The summed E-state index contributed by atoms with van der Waals surface area (Å²) >= 11 is 4.96. The van der Waals surface area contributed by atoms with Crippen LogP contribution < -0.4 is 0 Å². The van der Waals surface area contributed by atoms with E-state index in [0.29, 0.717) is 0 Å². The van der Waals surface area contributed by atoms with Crippen molar-refractivity contribution in [3.8, 4) is 10.4 Å². The number of furan rings is 1. The van der Waals surface area contributed by atoms with Gasteiger partial charge in [-0.2, -0.15) is 0 Å². The third kappa shape index (κ3) is 1.39. The highest BCUT2D eigenvalue weighted by molar-refractivity contribution is 9.10. The molecule has 0 saturated carbocycles. The Labute approximate surface area is 76.8 Å². The third-order valence-corrected chi connectivity index (χ3v) is 2.71. The molecule has 11 heavy (non-hydrogen) atoms. The highest BCUT2D eigenvalue weighted by atomic mass is 79.9. The van der Waals surface area contributed by atoms with Crippen LogP contribution in [0.15, 0.2) is 38.9 Å². The average molecular weight is 229 g/mol. The molecule has 0 spiro atoms. The quantitative estimate of drug-likeness (QED) is 0.725. The Morgan fingerprint density at radius 2 is 2.36 bits per heavy atom. The molecule has 2 aromatic rings. The molecule has 0 N–H and O–H groups in total. The standard InChI is InChI=1S/C8H5BrOS/c9-8-4-6(5-10-8)7-2-1-3-11-7/h1-5H. The smallest absolute Gasteiger partial charge is 0.169 e. The van der Waals surface area contributed by atoms with Crippen LogP contribution in [-0.4, -0.2) is 0 Å². The fourth-order valence-corrected chi connectivity index (χ4v) is 1.93. The summed E-state index contributed by atoms with van der Waals surface area (Å²) in [6.45, 7) is 0. The van der Waals surface area contributed by atoms with Gasteiger partial charge >= 0.3 is 0 Å². The lowest BCUT2D eigenvalue weighted by molar-refractivity contribution is 0.542. The molecule has 0 unspecified atom stereocenters. The first-order valence-electron chi connectivity index (χ1n) is 3.14. The molecular weight excluding hydrogens is 224 g/mol. The molecule has 2 rings (SSSR count). The van der Waals surface area contributed by atoms with Crippen molar-refractivity contribution in [2.24, 2.45) is 0 Å². The summed E-state index contributed by atoms with van der Waals surface area (Å²) in [6, 6.07) is 6.06. The van der Waals surface area contributed by atoms with Crippen LogP contribution >= 0.6 is 27.3 Å². The molecule has 0 radical (unpaired) electrons. The predicted molar refractivity (Wildman–Crippen MR) is 49.7 cm³/mol. The molecule has 0 fully saturated rings. The van der Waals surface area contributed by atoms with Crippen molar-refractivity contribution in [2.75, 3.05) is 0 Å². The molecule has 56 valence electrons. The second-order valence-corrected chi connectivity index (χ2v) is 3.85. The van der Waals surface area contributed by atoms with Crippen molar-refractivity contribution >= 4 is 27.3 Å². The number of hydrogen-bond donors (Lipinski definition) is 0. The fraction of sp³-hybridized carbons (Fsp3) is 0. The minimum Gasteiger partial charge on any atom is -0.457 e. The first-order chi connectivity index (χ1) is 5.36. The van der Waals surface area contributed by atoms with Crippen LogP contribution in [0.25, 0.3) is 10.4 Å². The number of thiophene rings is 1. The summed E-state index contributed by atoms with van der Waals surface area (Å²) in [5, 5.41) is 2.05. The van der Waals surface area contributed by atoms with E-state index in [-0.39, 0.29) is 0 Å². The Kier molecular flexibility index (Phi) is 1.84. The highest BCUT2D eigenvalue weighted by Crippen LogP contribution is 2.28. The molecule has 0 saturated heterocycles. The molecule has 0 aliphatic rings. The summed E-state index contributed by atoms with van der Waals surface area (Å²) < 4.78 is 5.89. The number of halogens is 1. The highest BCUT2D eigenvalue weighted by Gasteiger charge is 2.01. The third-order valence-electron chi connectivity index (χ3n) is 1.37. The van der Waals surface area contributed by atoms with Crippen molar-refractivity contribution in [1.29, 1.82) is 0 Å². The molecule has 0 aliphatic carbocycles. The minimum absolute atomic E-state index is 0.779. The van der Waals surface area contributed by atoms with Gasteiger partial charge < -0.3 is 4.42 Å². The molecule has 0 aromatic carbocycles. The van der Waals surface area contributed by atoms with Gasteiger partial charge in [-0.1, -0.05) is 6.07 Å². The maximum absolute atomic E-state index is 5.11. The summed E-state index contributed by atoms with van der Waals surface area (Å²) in [4.78, 5) is 1.24. The van der Waals surface area contributed by atoms with Crippen LogP contribution in [0.2, 0.25) is 0 Å². The van der Waals surface area contributed by atoms with Crippen LogP contribution in [0.1, 0.15) is 0 Å². The largest absolute Gasteiger partial charge is 0.457 e. The van der Waals surface area contributed by atoms with E-state index in [0.717, 1.165) is 10.2 Å². The van der Waals surface area contributed by atoms with Gasteiger partial charge in [0, 0.05) is 10.4 Å². The Hall–Kier alpha value is -0.540. The van der Waals surface area contributed by atoms with E-state index in [1.807, 2.05) is 12.1 Å². The van der Waals surface area contributed by atoms with Crippen molar-refractivity contribution in [2.45, 2.75) is 0 Å². The van der Waals surface area contributed by atoms with E-state index in [2.05, 4.69) is 27.4 Å². The van der Waals surface area contributed by atoms with Crippen molar-refractivity contribution in [3.05, 3.63) is 34.5 Å². The normalized spacial score (nSPS) is 10.3. The monoisotopic (exact) mass is 228 g/mol. The molecule has 1 nitrogen and oxygen atoms in total. The lowest BCUT2D eigenvalue weighted by Crippen LogP contribution is -1.59. The summed E-state index contributed by atoms with van der Waals surface area (Å²) in [5.74, 6) is 0. The number of rotatable bonds is 1. The predicted octanol–water partition coefficient (Wildman–Crippen LogP) is 3.77. The second-order valence-electron chi connectivity index (χ2n) is 2.12. The lowest BCUT2D eigenvalue weighted by Gasteiger charge is -1.83. The van der Waals surface area contributed by atoms with Gasteiger partial charge in [0.1, 0.15) is 6.26 Å². The topological polar surface area (TPSA) is 13.1 Å². The van der Waals surface area contributed by atoms with Gasteiger partial charge in [-0.3, -0.25) is 0 Å². The van der Waals surface area contributed by atoms with Crippen LogP contribution in [0.3, 0.4) is 0 Å². The first-order valence-corrected chi connectivity index (χ1v) is 4.81. The van der Waals surface area contributed by atoms with Gasteiger partial charge in [-0.05, 0) is 33.4 Å². The maximum Gasteiger partial charge on any atom is 0.169 e. The van der Waals surface area contributed by atoms with Gasteiger partial charge in [0.15, 0.2) is 4.67 Å². The molecule has 2 aromatic heterocycles. The van der Waals surface area contributed by atoms with Gasteiger partial charge in [0.05, 0.1) is 0 Å². The zero-order chi connectivity index (χ0) is 7.68. The Morgan fingerprint density at radius 3 is 2.91 bits per heavy atom. The van der Waals surface area contributed by atoms with Crippen molar-refractivity contribution < 1.29 is 4.42 Å². The zero-order valence-corrected chi connectivity index (χ0v) is 7.98. The Balaban J connectivity index is 2.45. The van der Waals surface area contributed by atoms with Gasteiger partial charge in [0.2, 0.25) is 0 Å². The van der Waals surface area contributed by atoms with Gasteiger partial charge in [0.25, 0.3) is 0 Å². The summed E-state index contributed by atoms with van der Waals surface area (Å²) in [6.07, 6.45) is 1.75. The first kappa shape index (κ1) is 7.13. The molecule has 2 heterocycles. The zero-order valence-electron chi connectivity index (χ0n) is 5.58. The maximum atomic E-state index is 5.11. The Bertz CT molecular complexity index is 337.